The van der Waals surface area contributed by atoms with E-state index < -0.39 is 0 Å². The number of hydrogen-bond acceptors (Lipinski definition) is 2. The smallest absolute Gasteiger partial charge is 0.119 e. The maximum absolute atomic E-state index is 5.28. The van der Waals surface area contributed by atoms with Crippen LogP contribution in [-0.4, -0.2) is 18.2 Å². The summed E-state index contributed by atoms with van der Waals surface area (Å²) in [5, 5.41) is 3.54. The molecule has 0 bridgehead atoms. The lowest BCUT2D eigenvalue weighted by atomic mass is 10.2. The molecule has 0 spiro atoms. The van der Waals surface area contributed by atoms with E-state index in [1.165, 1.54) is 11.3 Å². The molecule has 0 saturated carbocycles. The summed E-state index contributed by atoms with van der Waals surface area (Å²) in [4.78, 5) is 0. The molecular formula is C17H24N2O. The maximum atomic E-state index is 5.28. The summed E-state index contributed by atoms with van der Waals surface area (Å²) >= 11 is 0. The van der Waals surface area contributed by atoms with Gasteiger partial charge in [-0.1, -0.05) is 19.1 Å². The van der Waals surface area contributed by atoms with Crippen molar-refractivity contribution in [3.63, 3.8) is 0 Å². The van der Waals surface area contributed by atoms with Gasteiger partial charge in [-0.2, -0.15) is 0 Å². The van der Waals surface area contributed by atoms with Gasteiger partial charge in [0, 0.05) is 24.5 Å². The first-order valence-corrected chi connectivity index (χ1v) is 7.26. The average molecular weight is 272 g/mol. The number of nitrogens with one attached hydrogen (secondary N) is 1. The first kappa shape index (κ1) is 14.7. The van der Waals surface area contributed by atoms with E-state index in [9.17, 15) is 0 Å². The van der Waals surface area contributed by atoms with Crippen LogP contribution in [0.1, 0.15) is 37.6 Å². The largest absolute Gasteiger partial charge is 0.497 e. The third-order valence-electron chi connectivity index (χ3n) is 3.50. The molecule has 0 amide bonds. The molecule has 1 aromatic heterocycles. The summed E-state index contributed by atoms with van der Waals surface area (Å²) < 4.78 is 7.58. The van der Waals surface area contributed by atoms with Gasteiger partial charge in [-0.15, -0.1) is 0 Å². The highest BCUT2D eigenvalue weighted by atomic mass is 16.5. The Morgan fingerprint density at radius 3 is 2.85 bits per heavy atom. The Kier molecular flexibility index (Phi) is 5.24. The van der Waals surface area contributed by atoms with Crippen molar-refractivity contribution in [2.45, 2.75) is 32.9 Å². The van der Waals surface area contributed by atoms with E-state index in [1.807, 2.05) is 12.1 Å². The van der Waals surface area contributed by atoms with Crippen molar-refractivity contribution in [1.82, 2.24) is 9.88 Å². The zero-order valence-electron chi connectivity index (χ0n) is 12.6. The van der Waals surface area contributed by atoms with E-state index >= 15 is 0 Å². The van der Waals surface area contributed by atoms with Gasteiger partial charge in [0.2, 0.25) is 0 Å². The molecule has 2 aromatic rings. The highest BCUT2D eigenvalue weighted by molar-refractivity contribution is 5.29. The van der Waals surface area contributed by atoms with Crippen molar-refractivity contribution in [1.29, 1.82) is 0 Å². The molecule has 0 aliphatic rings. The monoisotopic (exact) mass is 272 g/mol. The van der Waals surface area contributed by atoms with Gasteiger partial charge in [-0.3, -0.25) is 0 Å². The standard InChI is InChI=1S/C17H24N2O/c1-4-10-18-14(2)17-9-6-11-19(17)13-15-7-5-8-16(12-15)20-3/h5-9,11-12,14,18H,4,10,13H2,1-3H3. The molecule has 1 atom stereocenters. The van der Waals surface area contributed by atoms with Crippen molar-refractivity contribution in [2.24, 2.45) is 0 Å². The predicted molar refractivity (Wildman–Crippen MR) is 83.2 cm³/mol. The predicted octanol–water partition coefficient (Wildman–Crippen LogP) is 3.61. The Morgan fingerprint density at radius 2 is 2.10 bits per heavy atom. The molecule has 3 heteroatoms. The van der Waals surface area contributed by atoms with Crippen LogP contribution in [0.15, 0.2) is 42.6 Å². The Labute approximate surface area is 121 Å². The molecule has 0 aliphatic heterocycles. The second-order valence-corrected chi connectivity index (χ2v) is 5.09. The number of nitrogens with zero attached hydrogens (tertiary/aromatic N) is 1. The fraction of sp³-hybridized carbons (Fsp3) is 0.412. The van der Waals surface area contributed by atoms with Gasteiger partial charge in [0.1, 0.15) is 5.75 Å². The Morgan fingerprint density at radius 1 is 1.25 bits per heavy atom. The molecule has 0 fully saturated rings. The minimum Gasteiger partial charge on any atom is -0.497 e. The van der Waals surface area contributed by atoms with E-state index in [4.69, 9.17) is 4.74 Å². The molecule has 0 aliphatic carbocycles. The van der Waals surface area contributed by atoms with Crippen LogP contribution in [0, 0.1) is 0 Å². The van der Waals surface area contributed by atoms with Gasteiger partial charge in [0.05, 0.1) is 7.11 Å². The van der Waals surface area contributed by atoms with Gasteiger partial charge in [0.15, 0.2) is 0 Å². The molecule has 0 saturated heterocycles. The first-order valence-electron chi connectivity index (χ1n) is 7.26. The van der Waals surface area contributed by atoms with E-state index in [-0.39, 0.29) is 0 Å². The van der Waals surface area contributed by atoms with E-state index in [0.29, 0.717) is 6.04 Å². The van der Waals surface area contributed by atoms with Crippen LogP contribution in [0.2, 0.25) is 0 Å². The van der Waals surface area contributed by atoms with Crippen molar-refractivity contribution in [3.05, 3.63) is 53.9 Å². The second kappa shape index (κ2) is 7.15. The molecule has 3 nitrogen and oxygen atoms in total. The number of aromatic nitrogens is 1. The maximum Gasteiger partial charge on any atom is 0.119 e. The number of methoxy groups -OCH3 is 1. The Bertz CT molecular complexity index is 533. The quantitative estimate of drug-likeness (QED) is 0.833. The van der Waals surface area contributed by atoms with Crippen LogP contribution in [0.5, 0.6) is 5.75 Å². The fourth-order valence-corrected chi connectivity index (χ4v) is 2.40. The SMILES string of the molecule is CCCNC(C)c1cccn1Cc1cccc(OC)c1. The second-order valence-electron chi connectivity index (χ2n) is 5.09. The van der Waals surface area contributed by atoms with Gasteiger partial charge >= 0.3 is 0 Å². The van der Waals surface area contributed by atoms with E-state index in [2.05, 4.69) is 54.2 Å². The number of benzene rings is 1. The van der Waals surface area contributed by atoms with Gasteiger partial charge in [-0.25, -0.2) is 0 Å². The molecule has 1 heterocycles. The summed E-state index contributed by atoms with van der Waals surface area (Å²) in [5.74, 6) is 0.911. The van der Waals surface area contributed by atoms with Crippen LogP contribution in [-0.2, 0) is 6.54 Å². The molecule has 1 unspecified atom stereocenters. The number of rotatable bonds is 7. The normalized spacial score (nSPS) is 12.3. The topological polar surface area (TPSA) is 26.2 Å². The zero-order chi connectivity index (χ0) is 14.4. The minimum atomic E-state index is 0.371. The number of hydrogen-bond donors (Lipinski definition) is 1. The third kappa shape index (κ3) is 3.64. The summed E-state index contributed by atoms with van der Waals surface area (Å²) in [7, 11) is 1.71. The van der Waals surface area contributed by atoms with Crippen LogP contribution >= 0.6 is 0 Å². The first-order chi connectivity index (χ1) is 9.74. The van der Waals surface area contributed by atoms with E-state index in [1.54, 1.807) is 7.11 Å². The molecule has 1 N–H and O–H groups in total. The summed E-state index contributed by atoms with van der Waals surface area (Å²) in [5.41, 5.74) is 2.57. The summed E-state index contributed by atoms with van der Waals surface area (Å²) in [6, 6.07) is 12.9. The summed E-state index contributed by atoms with van der Waals surface area (Å²) in [6.07, 6.45) is 3.29. The van der Waals surface area contributed by atoms with Crippen molar-refractivity contribution in [2.75, 3.05) is 13.7 Å². The van der Waals surface area contributed by atoms with Gasteiger partial charge < -0.3 is 14.6 Å². The average Bonchev–Trinajstić information content (AvgIpc) is 2.93. The molecule has 2 rings (SSSR count). The van der Waals surface area contributed by atoms with Crippen molar-refractivity contribution >= 4 is 0 Å². The van der Waals surface area contributed by atoms with Crippen LogP contribution in [0.3, 0.4) is 0 Å². The highest BCUT2D eigenvalue weighted by Crippen LogP contribution is 2.18. The molecule has 1 aromatic carbocycles. The molecule has 108 valence electrons. The lowest BCUT2D eigenvalue weighted by molar-refractivity contribution is 0.414. The lowest BCUT2D eigenvalue weighted by Gasteiger charge is -2.17. The van der Waals surface area contributed by atoms with Crippen LogP contribution in [0.25, 0.3) is 0 Å². The molecule has 0 radical (unpaired) electrons. The van der Waals surface area contributed by atoms with Crippen LogP contribution < -0.4 is 10.1 Å². The Balaban J connectivity index is 2.11. The van der Waals surface area contributed by atoms with Crippen LogP contribution in [0.4, 0.5) is 0 Å². The van der Waals surface area contributed by atoms with Gasteiger partial charge in [-0.05, 0) is 49.7 Å². The van der Waals surface area contributed by atoms with Gasteiger partial charge in [0.25, 0.3) is 0 Å². The highest BCUT2D eigenvalue weighted by Gasteiger charge is 2.09. The Hall–Kier alpha value is -1.74. The minimum absolute atomic E-state index is 0.371. The third-order valence-corrected chi connectivity index (χ3v) is 3.50. The zero-order valence-corrected chi connectivity index (χ0v) is 12.6. The van der Waals surface area contributed by atoms with Crippen molar-refractivity contribution in [3.8, 4) is 5.75 Å². The van der Waals surface area contributed by atoms with E-state index in [0.717, 1.165) is 25.3 Å². The molecular weight excluding hydrogens is 248 g/mol. The molecule has 20 heavy (non-hydrogen) atoms. The number of ether oxygens (including phenoxy) is 1. The van der Waals surface area contributed by atoms with Crippen molar-refractivity contribution < 1.29 is 4.74 Å². The summed E-state index contributed by atoms with van der Waals surface area (Å²) in [6.45, 7) is 6.32. The fourth-order valence-electron chi connectivity index (χ4n) is 2.40. The lowest BCUT2D eigenvalue weighted by Crippen LogP contribution is -2.22.